The Morgan fingerprint density at radius 3 is 2.90 bits per heavy atom. The fourth-order valence-corrected chi connectivity index (χ4v) is 3.15. The molecule has 3 nitrogen and oxygen atoms in total. The van der Waals surface area contributed by atoms with Crippen LogP contribution in [0.5, 0.6) is 0 Å². The summed E-state index contributed by atoms with van der Waals surface area (Å²) in [5, 5.41) is 12.2. The van der Waals surface area contributed by atoms with Gasteiger partial charge in [0, 0.05) is 23.1 Å². The van der Waals surface area contributed by atoms with Crippen molar-refractivity contribution in [3.05, 3.63) is 45.8 Å². The molecule has 2 rings (SSSR count). The number of rotatable bonds is 5. The van der Waals surface area contributed by atoms with Crippen LogP contribution < -0.4 is 5.32 Å². The Kier molecular flexibility index (Phi) is 5.17. The fourth-order valence-electron chi connectivity index (χ4n) is 1.88. The zero-order chi connectivity index (χ0) is 14.5. The number of thiophene rings is 1. The Hall–Kier alpha value is -1.36. The number of carbonyl (C=O) groups excluding carboxylic acids is 1. The number of benzene rings is 1. The van der Waals surface area contributed by atoms with E-state index in [1.165, 1.54) is 11.3 Å². The molecule has 1 aromatic carbocycles. The number of aliphatic hydroxyl groups is 1. The first kappa shape index (κ1) is 15.0. The van der Waals surface area contributed by atoms with Crippen LogP contribution in [0.1, 0.15) is 21.7 Å². The summed E-state index contributed by atoms with van der Waals surface area (Å²) in [5.41, 5.74) is 2.08. The molecule has 0 bridgehead atoms. The Labute approximate surface area is 127 Å². The van der Waals surface area contributed by atoms with Crippen molar-refractivity contribution in [2.75, 3.05) is 13.2 Å². The Morgan fingerprint density at radius 1 is 1.40 bits per heavy atom. The topological polar surface area (TPSA) is 49.3 Å². The van der Waals surface area contributed by atoms with Gasteiger partial charge in [-0.3, -0.25) is 4.79 Å². The van der Waals surface area contributed by atoms with Crippen LogP contribution >= 0.6 is 22.9 Å². The molecule has 2 aromatic rings. The first-order valence-electron chi connectivity index (χ1n) is 6.37. The molecule has 20 heavy (non-hydrogen) atoms. The van der Waals surface area contributed by atoms with Crippen molar-refractivity contribution in [3.63, 3.8) is 0 Å². The number of halogens is 1. The molecule has 0 saturated heterocycles. The van der Waals surface area contributed by atoms with Crippen molar-refractivity contribution in [2.45, 2.75) is 13.3 Å². The Balaban J connectivity index is 2.19. The predicted molar refractivity (Wildman–Crippen MR) is 83.5 cm³/mol. The van der Waals surface area contributed by atoms with Gasteiger partial charge in [-0.15, -0.1) is 11.3 Å². The summed E-state index contributed by atoms with van der Waals surface area (Å²) in [6, 6.07) is 9.50. The van der Waals surface area contributed by atoms with E-state index in [9.17, 15) is 4.79 Å². The van der Waals surface area contributed by atoms with Gasteiger partial charge in [-0.25, -0.2) is 0 Å². The highest BCUT2D eigenvalue weighted by molar-refractivity contribution is 7.17. The maximum absolute atomic E-state index is 12.0. The number of nitrogens with one attached hydrogen (secondary N) is 1. The lowest BCUT2D eigenvalue weighted by atomic mass is 10.1. The van der Waals surface area contributed by atoms with Gasteiger partial charge >= 0.3 is 0 Å². The van der Waals surface area contributed by atoms with E-state index in [4.69, 9.17) is 16.7 Å². The van der Waals surface area contributed by atoms with E-state index >= 15 is 0 Å². The second kappa shape index (κ2) is 6.88. The highest BCUT2D eigenvalue weighted by Gasteiger charge is 2.13. The van der Waals surface area contributed by atoms with Crippen molar-refractivity contribution in [2.24, 2.45) is 0 Å². The first-order chi connectivity index (χ1) is 9.61. The SMILES string of the molecule is Cc1cc(C(=O)NCCCO)sc1-c1cccc(Cl)c1. The number of amides is 1. The van der Waals surface area contributed by atoms with Gasteiger partial charge in [0.2, 0.25) is 0 Å². The normalized spacial score (nSPS) is 10.6. The standard InChI is InChI=1S/C15H16ClNO2S/c1-10-8-13(15(19)17-6-3-7-18)20-14(10)11-4-2-5-12(16)9-11/h2,4-5,8-9,18H,3,6-7H2,1H3,(H,17,19). The van der Waals surface area contributed by atoms with Gasteiger partial charge in [0.25, 0.3) is 5.91 Å². The minimum atomic E-state index is -0.0974. The zero-order valence-electron chi connectivity index (χ0n) is 11.1. The molecule has 0 fully saturated rings. The fraction of sp³-hybridized carbons (Fsp3) is 0.267. The minimum Gasteiger partial charge on any atom is -0.396 e. The molecule has 0 atom stereocenters. The smallest absolute Gasteiger partial charge is 0.261 e. The second-order valence-electron chi connectivity index (χ2n) is 4.47. The molecule has 5 heteroatoms. The van der Waals surface area contributed by atoms with E-state index < -0.39 is 0 Å². The molecule has 0 aliphatic carbocycles. The summed E-state index contributed by atoms with van der Waals surface area (Å²) in [5.74, 6) is -0.0974. The van der Waals surface area contributed by atoms with Crippen molar-refractivity contribution < 1.29 is 9.90 Å². The third-order valence-electron chi connectivity index (χ3n) is 2.85. The highest BCUT2D eigenvalue weighted by atomic mass is 35.5. The maximum Gasteiger partial charge on any atom is 0.261 e. The van der Waals surface area contributed by atoms with Crippen molar-refractivity contribution in [1.82, 2.24) is 5.32 Å². The van der Waals surface area contributed by atoms with Crippen LogP contribution in [0.15, 0.2) is 30.3 Å². The van der Waals surface area contributed by atoms with E-state index in [-0.39, 0.29) is 12.5 Å². The number of aliphatic hydroxyl groups excluding tert-OH is 1. The van der Waals surface area contributed by atoms with Crippen LogP contribution in [0.3, 0.4) is 0 Å². The van der Waals surface area contributed by atoms with Crippen LogP contribution in [-0.4, -0.2) is 24.2 Å². The lowest BCUT2D eigenvalue weighted by molar-refractivity contribution is 0.0955. The van der Waals surface area contributed by atoms with Gasteiger partial charge in [0.15, 0.2) is 0 Å². The van der Waals surface area contributed by atoms with Gasteiger partial charge in [0.1, 0.15) is 0 Å². The predicted octanol–water partition coefficient (Wildman–Crippen LogP) is 3.49. The second-order valence-corrected chi connectivity index (χ2v) is 5.95. The monoisotopic (exact) mass is 309 g/mol. The molecule has 2 N–H and O–H groups in total. The number of hydrogen-bond donors (Lipinski definition) is 2. The first-order valence-corrected chi connectivity index (χ1v) is 7.56. The van der Waals surface area contributed by atoms with Crippen molar-refractivity contribution >= 4 is 28.8 Å². The van der Waals surface area contributed by atoms with E-state index in [2.05, 4.69) is 5.32 Å². The Bertz CT molecular complexity index is 610. The lowest BCUT2D eigenvalue weighted by Gasteiger charge is -2.01. The van der Waals surface area contributed by atoms with Crippen LogP contribution in [0.4, 0.5) is 0 Å². The molecule has 0 spiro atoms. The molecule has 0 radical (unpaired) electrons. The van der Waals surface area contributed by atoms with Crippen LogP contribution in [0.25, 0.3) is 10.4 Å². The summed E-state index contributed by atoms with van der Waals surface area (Å²) in [6.45, 7) is 2.55. The van der Waals surface area contributed by atoms with Crippen molar-refractivity contribution in [1.29, 1.82) is 0 Å². The summed E-state index contributed by atoms with van der Waals surface area (Å²) in [4.78, 5) is 13.7. The molecule has 0 aliphatic rings. The third kappa shape index (κ3) is 3.60. The number of hydrogen-bond acceptors (Lipinski definition) is 3. The molecular weight excluding hydrogens is 294 g/mol. The van der Waals surface area contributed by atoms with Gasteiger partial charge in [-0.1, -0.05) is 23.7 Å². The van der Waals surface area contributed by atoms with E-state index in [1.54, 1.807) is 0 Å². The van der Waals surface area contributed by atoms with E-state index in [1.807, 2.05) is 37.3 Å². The van der Waals surface area contributed by atoms with Crippen LogP contribution in [-0.2, 0) is 0 Å². The van der Waals surface area contributed by atoms with Crippen LogP contribution in [0, 0.1) is 6.92 Å². The molecular formula is C15H16ClNO2S. The molecule has 1 heterocycles. The maximum atomic E-state index is 12.0. The van der Waals surface area contributed by atoms with Gasteiger partial charge in [-0.2, -0.15) is 0 Å². The van der Waals surface area contributed by atoms with Crippen molar-refractivity contribution in [3.8, 4) is 10.4 Å². The van der Waals surface area contributed by atoms with Gasteiger partial charge in [0.05, 0.1) is 4.88 Å². The summed E-state index contributed by atoms with van der Waals surface area (Å²) in [7, 11) is 0. The highest BCUT2D eigenvalue weighted by Crippen LogP contribution is 2.33. The number of carbonyl (C=O) groups is 1. The van der Waals surface area contributed by atoms with Gasteiger partial charge < -0.3 is 10.4 Å². The molecule has 1 aromatic heterocycles. The Morgan fingerprint density at radius 2 is 2.20 bits per heavy atom. The largest absolute Gasteiger partial charge is 0.396 e. The number of aryl methyl sites for hydroxylation is 1. The zero-order valence-corrected chi connectivity index (χ0v) is 12.7. The average molecular weight is 310 g/mol. The third-order valence-corrected chi connectivity index (χ3v) is 4.37. The van der Waals surface area contributed by atoms with Gasteiger partial charge in [-0.05, 0) is 42.7 Å². The molecule has 106 valence electrons. The minimum absolute atomic E-state index is 0.0809. The molecule has 0 aliphatic heterocycles. The summed E-state index contributed by atoms with van der Waals surface area (Å²) in [6.07, 6.45) is 0.567. The average Bonchev–Trinajstić information content (AvgIpc) is 2.81. The van der Waals surface area contributed by atoms with E-state index in [0.717, 1.165) is 16.0 Å². The molecule has 0 saturated carbocycles. The summed E-state index contributed by atoms with van der Waals surface area (Å²) < 4.78 is 0. The quantitative estimate of drug-likeness (QED) is 0.831. The molecule has 1 amide bonds. The summed E-state index contributed by atoms with van der Waals surface area (Å²) >= 11 is 7.46. The lowest BCUT2D eigenvalue weighted by Crippen LogP contribution is -2.24. The molecule has 0 unspecified atom stereocenters. The van der Waals surface area contributed by atoms with E-state index in [0.29, 0.717) is 22.9 Å². The van der Waals surface area contributed by atoms with Crippen LogP contribution in [0.2, 0.25) is 5.02 Å².